The van der Waals surface area contributed by atoms with E-state index in [-0.39, 0.29) is 11.2 Å². The third-order valence-electron chi connectivity index (χ3n) is 1.82. The number of carbonyl (C=O) groups is 1. The van der Waals surface area contributed by atoms with Crippen molar-refractivity contribution in [2.75, 3.05) is 0 Å². The van der Waals surface area contributed by atoms with Crippen LogP contribution in [0.25, 0.3) is 0 Å². The lowest BCUT2D eigenvalue weighted by molar-refractivity contribution is -0.117. The number of aromatic nitrogens is 1. The molecule has 1 heterocycles. The summed E-state index contributed by atoms with van der Waals surface area (Å²) in [6.45, 7) is 1.58. The third kappa shape index (κ3) is 3.55. The van der Waals surface area contributed by atoms with Gasteiger partial charge in [0.15, 0.2) is 0 Å². The fourth-order valence-electron chi connectivity index (χ4n) is 1.07. The van der Waals surface area contributed by atoms with Gasteiger partial charge < -0.3 is 4.79 Å². The predicted molar refractivity (Wildman–Crippen MR) is 52.7 cm³/mol. The van der Waals surface area contributed by atoms with E-state index in [0.29, 0.717) is 12.8 Å². The molecular weight excluding hydrogens is 186 g/mol. The number of rotatable bonds is 4. The Kier molecular flexibility index (Phi) is 3.90. The minimum Gasteiger partial charge on any atom is -0.300 e. The van der Waals surface area contributed by atoms with E-state index in [1.54, 1.807) is 19.3 Å². The third-order valence-corrected chi connectivity index (χ3v) is 2.29. The molecule has 0 aliphatic carbocycles. The van der Waals surface area contributed by atoms with Crippen molar-refractivity contribution in [3.63, 3.8) is 0 Å². The zero-order chi connectivity index (χ0) is 9.68. The molecule has 0 saturated heterocycles. The fourth-order valence-corrected chi connectivity index (χ4v) is 1.32. The standard InChI is InChI=1S/C10H12ClNO/c1-8(13)2-3-10(11)9-4-6-12-7-5-9/h4-7,10H,2-3H2,1H3. The molecule has 1 unspecified atom stereocenters. The summed E-state index contributed by atoms with van der Waals surface area (Å²) in [6.07, 6.45) is 4.65. The number of hydrogen-bond acceptors (Lipinski definition) is 2. The Morgan fingerprint density at radius 3 is 2.69 bits per heavy atom. The summed E-state index contributed by atoms with van der Waals surface area (Å²) in [7, 11) is 0. The Bertz CT molecular complexity index is 274. The highest BCUT2D eigenvalue weighted by Crippen LogP contribution is 2.24. The molecule has 0 N–H and O–H groups in total. The number of alkyl halides is 1. The molecule has 70 valence electrons. The van der Waals surface area contributed by atoms with Crippen LogP contribution in [0.1, 0.15) is 30.7 Å². The van der Waals surface area contributed by atoms with Crippen molar-refractivity contribution in [3.8, 4) is 0 Å². The summed E-state index contributed by atoms with van der Waals surface area (Å²) in [4.78, 5) is 14.6. The van der Waals surface area contributed by atoms with Gasteiger partial charge in [0.25, 0.3) is 0 Å². The highest BCUT2D eigenvalue weighted by molar-refractivity contribution is 6.20. The lowest BCUT2D eigenvalue weighted by Crippen LogP contribution is -1.95. The van der Waals surface area contributed by atoms with Crippen LogP contribution in [0.2, 0.25) is 0 Å². The van der Waals surface area contributed by atoms with Gasteiger partial charge in [-0.3, -0.25) is 4.98 Å². The Balaban J connectivity index is 2.49. The highest BCUT2D eigenvalue weighted by Gasteiger charge is 2.07. The molecule has 1 atom stereocenters. The molecule has 2 nitrogen and oxygen atoms in total. The van der Waals surface area contributed by atoms with Crippen molar-refractivity contribution < 1.29 is 4.79 Å². The average Bonchev–Trinajstić information content (AvgIpc) is 2.15. The molecule has 0 radical (unpaired) electrons. The van der Waals surface area contributed by atoms with Crippen molar-refractivity contribution >= 4 is 17.4 Å². The van der Waals surface area contributed by atoms with Gasteiger partial charge in [-0.05, 0) is 31.0 Å². The number of hydrogen-bond donors (Lipinski definition) is 0. The van der Waals surface area contributed by atoms with Crippen LogP contribution in [0.15, 0.2) is 24.5 Å². The number of halogens is 1. The second-order valence-corrected chi connectivity index (χ2v) is 3.52. The molecule has 0 saturated carbocycles. The quantitative estimate of drug-likeness (QED) is 0.695. The van der Waals surface area contributed by atoms with Crippen molar-refractivity contribution in [2.24, 2.45) is 0 Å². The molecule has 0 aromatic carbocycles. The van der Waals surface area contributed by atoms with Crippen LogP contribution < -0.4 is 0 Å². The Morgan fingerprint density at radius 1 is 1.54 bits per heavy atom. The maximum absolute atomic E-state index is 10.7. The summed E-state index contributed by atoms with van der Waals surface area (Å²) in [5.41, 5.74) is 1.03. The van der Waals surface area contributed by atoms with Gasteiger partial charge in [-0.1, -0.05) is 0 Å². The first-order valence-electron chi connectivity index (χ1n) is 4.23. The average molecular weight is 198 g/mol. The molecule has 0 aliphatic heterocycles. The maximum atomic E-state index is 10.7. The van der Waals surface area contributed by atoms with E-state index in [2.05, 4.69) is 4.98 Å². The summed E-state index contributed by atoms with van der Waals surface area (Å²) in [5, 5.41) is -0.0769. The van der Waals surface area contributed by atoms with Gasteiger partial charge in [0, 0.05) is 18.8 Å². The normalized spacial score (nSPS) is 12.5. The molecule has 0 spiro atoms. The van der Waals surface area contributed by atoms with Crippen molar-refractivity contribution in [2.45, 2.75) is 25.1 Å². The molecular formula is C10H12ClNO. The second-order valence-electron chi connectivity index (χ2n) is 2.99. The summed E-state index contributed by atoms with van der Waals surface area (Å²) >= 11 is 6.07. The topological polar surface area (TPSA) is 30.0 Å². The van der Waals surface area contributed by atoms with E-state index in [9.17, 15) is 4.79 Å². The number of ketones is 1. The van der Waals surface area contributed by atoms with E-state index >= 15 is 0 Å². The summed E-state index contributed by atoms with van der Waals surface area (Å²) in [5.74, 6) is 0.180. The highest BCUT2D eigenvalue weighted by atomic mass is 35.5. The van der Waals surface area contributed by atoms with E-state index in [1.165, 1.54) is 0 Å². The van der Waals surface area contributed by atoms with Crippen molar-refractivity contribution in [1.82, 2.24) is 4.98 Å². The summed E-state index contributed by atoms with van der Waals surface area (Å²) < 4.78 is 0. The fraction of sp³-hybridized carbons (Fsp3) is 0.400. The van der Waals surface area contributed by atoms with Gasteiger partial charge in [-0.25, -0.2) is 0 Å². The van der Waals surface area contributed by atoms with Gasteiger partial charge in [0.05, 0.1) is 5.38 Å². The molecule has 0 aliphatic rings. The maximum Gasteiger partial charge on any atom is 0.129 e. The number of nitrogens with zero attached hydrogens (tertiary/aromatic N) is 1. The van der Waals surface area contributed by atoms with Crippen LogP contribution in [0.4, 0.5) is 0 Å². The van der Waals surface area contributed by atoms with Gasteiger partial charge in [0.1, 0.15) is 5.78 Å². The summed E-state index contributed by atoms with van der Waals surface area (Å²) in [6, 6.07) is 3.75. The number of pyridine rings is 1. The lowest BCUT2D eigenvalue weighted by atomic mass is 10.1. The minimum absolute atomic E-state index is 0.0769. The van der Waals surface area contributed by atoms with E-state index < -0.39 is 0 Å². The molecule has 13 heavy (non-hydrogen) atoms. The largest absolute Gasteiger partial charge is 0.300 e. The predicted octanol–water partition coefficient (Wildman–Crippen LogP) is 2.73. The lowest BCUT2D eigenvalue weighted by Gasteiger charge is -2.07. The van der Waals surface area contributed by atoms with E-state index in [4.69, 9.17) is 11.6 Å². The van der Waals surface area contributed by atoms with Crippen LogP contribution >= 0.6 is 11.6 Å². The smallest absolute Gasteiger partial charge is 0.129 e. The monoisotopic (exact) mass is 197 g/mol. The number of carbonyl (C=O) groups excluding carboxylic acids is 1. The zero-order valence-electron chi connectivity index (χ0n) is 7.53. The minimum atomic E-state index is -0.0769. The Labute approximate surface area is 82.9 Å². The van der Waals surface area contributed by atoms with Crippen LogP contribution in [-0.4, -0.2) is 10.8 Å². The number of Topliss-reactive ketones (excluding diaryl/α,β-unsaturated/α-hetero) is 1. The molecule has 3 heteroatoms. The SMILES string of the molecule is CC(=O)CCC(Cl)c1ccncc1. The van der Waals surface area contributed by atoms with Crippen LogP contribution in [0.3, 0.4) is 0 Å². The second kappa shape index (κ2) is 4.97. The van der Waals surface area contributed by atoms with E-state index in [1.807, 2.05) is 12.1 Å². The molecule has 1 aromatic rings. The van der Waals surface area contributed by atoms with Crippen LogP contribution in [0, 0.1) is 0 Å². The van der Waals surface area contributed by atoms with Crippen molar-refractivity contribution in [3.05, 3.63) is 30.1 Å². The van der Waals surface area contributed by atoms with E-state index in [0.717, 1.165) is 5.56 Å². The van der Waals surface area contributed by atoms with Crippen LogP contribution in [-0.2, 0) is 4.79 Å². The van der Waals surface area contributed by atoms with Gasteiger partial charge >= 0.3 is 0 Å². The van der Waals surface area contributed by atoms with Crippen molar-refractivity contribution in [1.29, 1.82) is 0 Å². The first-order chi connectivity index (χ1) is 6.20. The molecule has 0 fully saturated rings. The van der Waals surface area contributed by atoms with Gasteiger partial charge in [-0.15, -0.1) is 11.6 Å². The molecule has 0 amide bonds. The first kappa shape index (κ1) is 10.2. The Hall–Kier alpha value is -0.890. The first-order valence-corrected chi connectivity index (χ1v) is 4.67. The Morgan fingerprint density at radius 2 is 2.15 bits per heavy atom. The molecule has 1 aromatic heterocycles. The molecule has 0 bridgehead atoms. The van der Waals surface area contributed by atoms with Gasteiger partial charge in [0.2, 0.25) is 0 Å². The zero-order valence-corrected chi connectivity index (χ0v) is 8.29. The van der Waals surface area contributed by atoms with Crippen LogP contribution in [0.5, 0.6) is 0 Å². The molecule has 1 rings (SSSR count). The van der Waals surface area contributed by atoms with Gasteiger partial charge in [-0.2, -0.15) is 0 Å².